The molecule has 33 heavy (non-hydrogen) atoms. The second kappa shape index (κ2) is 11.6. The van der Waals surface area contributed by atoms with E-state index in [2.05, 4.69) is 37.1 Å². The highest BCUT2D eigenvalue weighted by Gasteiger charge is 2.19. The first-order valence-corrected chi connectivity index (χ1v) is 12.9. The molecule has 0 radical (unpaired) electrons. The predicted octanol–water partition coefficient (Wildman–Crippen LogP) is 6.00. The summed E-state index contributed by atoms with van der Waals surface area (Å²) in [5.41, 5.74) is 1.51. The van der Waals surface area contributed by atoms with Crippen molar-refractivity contribution >= 4 is 58.2 Å². The van der Waals surface area contributed by atoms with E-state index >= 15 is 0 Å². The minimum absolute atomic E-state index is 0.145. The van der Waals surface area contributed by atoms with E-state index in [1.807, 2.05) is 18.2 Å². The largest absolute Gasteiger partial charge is 0.323 e. The van der Waals surface area contributed by atoms with Gasteiger partial charge in [-0.25, -0.2) is 0 Å². The number of benzene rings is 2. The first-order valence-electron chi connectivity index (χ1n) is 10.7. The Morgan fingerprint density at radius 2 is 1.67 bits per heavy atom. The van der Waals surface area contributed by atoms with E-state index in [-0.39, 0.29) is 11.7 Å². The lowest BCUT2D eigenvalue weighted by molar-refractivity contribution is -0.113. The highest BCUT2D eigenvalue weighted by Crippen LogP contribution is 2.34. The molecule has 1 amide bonds. The average molecular weight is 525 g/mol. The third kappa shape index (κ3) is 6.64. The third-order valence-electron chi connectivity index (χ3n) is 5.39. The summed E-state index contributed by atoms with van der Waals surface area (Å²) in [6.07, 6.45) is 3.71. The molecule has 6 nitrogen and oxygen atoms in total. The molecule has 174 valence electrons. The molecule has 10 heteroatoms. The molecular formula is C23H24Cl3N5OS. The maximum atomic E-state index is 12.6. The van der Waals surface area contributed by atoms with Gasteiger partial charge in [-0.2, -0.15) is 0 Å². The first kappa shape index (κ1) is 24.4. The van der Waals surface area contributed by atoms with Crippen LogP contribution in [0.3, 0.4) is 0 Å². The second-order valence-corrected chi connectivity index (χ2v) is 10.1. The summed E-state index contributed by atoms with van der Waals surface area (Å²) in [5.74, 6) is 0.816. The number of halogens is 3. The summed E-state index contributed by atoms with van der Waals surface area (Å²) in [6, 6.07) is 13.3. The number of rotatable bonds is 8. The van der Waals surface area contributed by atoms with Crippen LogP contribution in [0, 0.1) is 0 Å². The molecule has 1 aromatic heterocycles. The number of likely N-dealkylation sites (tertiary alicyclic amines) is 1. The molecule has 1 fully saturated rings. The Kier molecular flexibility index (Phi) is 8.55. The van der Waals surface area contributed by atoms with Crippen LogP contribution in [0.5, 0.6) is 0 Å². The van der Waals surface area contributed by atoms with Gasteiger partial charge in [0.25, 0.3) is 0 Å². The molecule has 3 aromatic rings. The van der Waals surface area contributed by atoms with Gasteiger partial charge in [-0.3, -0.25) is 9.69 Å². The third-order valence-corrected chi connectivity index (χ3v) is 7.18. The van der Waals surface area contributed by atoms with Gasteiger partial charge < -0.3 is 9.88 Å². The van der Waals surface area contributed by atoms with Crippen LogP contribution in [0.25, 0.3) is 0 Å². The lowest BCUT2D eigenvalue weighted by atomic mass is 10.1. The molecule has 0 aliphatic carbocycles. The average Bonchev–Trinajstić information content (AvgIpc) is 3.17. The number of nitrogens with zero attached hydrogens (tertiary/aromatic N) is 4. The zero-order chi connectivity index (χ0) is 23.2. The minimum Gasteiger partial charge on any atom is -0.323 e. The van der Waals surface area contributed by atoms with Crippen molar-refractivity contribution in [1.29, 1.82) is 0 Å². The SMILES string of the molecule is O=C(CSc1nnc(CN2CCCCC2)n1Cc1ccccc1)Nc1c(Cl)cc(Cl)cc1Cl. The Morgan fingerprint density at radius 3 is 2.36 bits per heavy atom. The number of piperidine rings is 1. The fourth-order valence-corrected chi connectivity index (χ4v) is 5.42. The van der Waals surface area contributed by atoms with Crippen molar-refractivity contribution in [2.75, 3.05) is 24.2 Å². The molecule has 0 saturated carbocycles. The molecule has 2 heterocycles. The van der Waals surface area contributed by atoms with Crippen LogP contribution in [0.15, 0.2) is 47.6 Å². The zero-order valence-electron chi connectivity index (χ0n) is 17.9. The van der Waals surface area contributed by atoms with Gasteiger partial charge in [-0.05, 0) is 43.6 Å². The van der Waals surface area contributed by atoms with Gasteiger partial charge in [0, 0.05) is 5.02 Å². The van der Waals surface area contributed by atoms with Crippen LogP contribution in [0.1, 0.15) is 30.7 Å². The molecule has 0 bridgehead atoms. The van der Waals surface area contributed by atoms with Crippen LogP contribution in [-0.2, 0) is 17.9 Å². The van der Waals surface area contributed by atoms with Crippen LogP contribution in [0.2, 0.25) is 15.1 Å². The number of hydrogen-bond acceptors (Lipinski definition) is 5. The van der Waals surface area contributed by atoms with E-state index < -0.39 is 0 Å². The number of carbonyl (C=O) groups excluding carboxylic acids is 1. The van der Waals surface area contributed by atoms with Crippen molar-refractivity contribution < 1.29 is 4.79 Å². The van der Waals surface area contributed by atoms with Crippen LogP contribution in [0.4, 0.5) is 5.69 Å². The van der Waals surface area contributed by atoms with Crippen molar-refractivity contribution in [2.45, 2.75) is 37.5 Å². The Labute approximate surface area is 212 Å². The normalized spacial score (nSPS) is 14.4. The van der Waals surface area contributed by atoms with Gasteiger partial charge in [0.1, 0.15) is 5.82 Å². The Hall–Kier alpha value is -1.77. The van der Waals surface area contributed by atoms with Crippen molar-refractivity contribution in [3.05, 3.63) is 68.9 Å². The van der Waals surface area contributed by atoms with Crippen molar-refractivity contribution in [3.63, 3.8) is 0 Å². The monoisotopic (exact) mass is 523 g/mol. The molecular weight excluding hydrogens is 501 g/mol. The number of thioether (sulfide) groups is 1. The Bertz CT molecular complexity index is 1080. The fourth-order valence-electron chi connectivity index (χ4n) is 3.75. The molecule has 0 spiro atoms. The van der Waals surface area contributed by atoms with Crippen LogP contribution >= 0.6 is 46.6 Å². The Morgan fingerprint density at radius 1 is 0.970 bits per heavy atom. The number of amides is 1. The summed E-state index contributed by atoms with van der Waals surface area (Å²) in [7, 11) is 0. The molecule has 1 saturated heterocycles. The number of anilines is 1. The smallest absolute Gasteiger partial charge is 0.234 e. The highest BCUT2D eigenvalue weighted by molar-refractivity contribution is 7.99. The van der Waals surface area contributed by atoms with Gasteiger partial charge in [0.05, 0.1) is 34.6 Å². The predicted molar refractivity (Wildman–Crippen MR) is 136 cm³/mol. The van der Waals surface area contributed by atoms with Crippen LogP contribution < -0.4 is 5.32 Å². The topological polar surface area (TPSA) is 63.1 Å². The highest BCUT2D eigenvalue weighted by atomic mass is 35.5. The maximum Gasteiger partial charge on any atom is 0.234 e. The number of nitrogens with one attached hydrogen (secondary N) is 1. The lowest BCUT2D eigenvalue weighted by Crippen LogP contribution is -2.30. The van der Waals surface area contributed by atoms with Crippen molar-refractivity contribution in [2.24, 2.45) is 0 Å². The van der Waals surface area contributed by atoms with E-state index in [1.165, 1.54) is 31.0 Å². The van der Waals surface area contributed by atoms with Gasteiger partial charge in [-0.1, -0.05) is 83.3 Å². The molecule has 1 aliphatic heterocycles. The van der Waals surface area contributed by atoms with E-state index in [9.17, 15) is 4.79 Å². The van der Waals surface area contributed by atoms with Crippen LogP contribution in [-0.4, -0.2) is 44.4 Å². The standard InChI is InChI=1S/C23H24Cl3N5OS/c24-17-11-18(25)22(19(26)12-17)27-21(32)15-33-23-29-28-20(14-30-9-5-2-6-10-30)31(23)13-16-7-3-1-4-8-16/h1,3-4,7-8,11-12H,2,5-6,9-10,13-15H2,(H,27,32). The van der Waals surface area contributed by atoms with Crippen molar-refractivity contribution in [1.82, 2.24) is 19.7 Å². The van der Waals surface area contributed by atoms with Gasteiger partial charge >= 0.3 is 0 Å². The Balaban J connectivity index is 1.47. The van der Waals surface area contributed by atoms with Gasteiger partial charge in [0.15, 0.2) is 5.16 Å². The molecule has 1 N–H and O–H groups in total. The summed E-state index contributed by atoms with van der Waals surface area (Å²) < 4.78 is 2.10. The second-order valence-electron chi connectivity index (χ2n) is 7.89. The summed E-state index contributed by atoms with van der Waals surface area (Å²) in [6.45, 7) is 3.55. The first-order chi connectivity index (χ1) is 16.0. The summed E-state index contributed by atoms with van der Waals surface area (Å²) >= 11 is 19.7. The number of carbonyl (C=O) groups is 1. The van der Waals surface area contributed by atoms with E-state index in [4.69, 9.17) is 34.8 Å². The molecule has 1 aliphatic rings. The zero-order valence-corrected chi connectivity index (χ0v) is 21.0. The van der Waals surface area contributed by atoms with Crippen molar-refractivity contribution in [3.8, 4) is 0 Å². The molecule has 0 atom stereocenters. The quantitative estimate of drug-likeness (QED) is 0.366. The summed E-state index contributed by atoms with van der Waals surface area (Å²) in [5, 5.41) is 13.3. The number of hydrogen-bond donors (Lipinski definition) is 1. The maximum absolute atomic E-state index is 12.6. The molecule has 0 unspecified atom stereocenters. The molecule has 4 rings (SSSR count). The van der Waals surface area contributed by atoms with Gasteiger partial charge in [-0.15, -0.1) is 10.2 Å². The van der Waals surface area contributed by atoms with E-state index in [0.717, 1.165) is 31.0 Å². The fraction of sp³-hybridized carbons (Fsp3) is 0.348. The summed E-state index contributed by atoms with van der Waals surface area (Å²) in [4.78, 5) is 15.0. The molecule has 2 aromatic carbocycles. The van der Waals surface area contributed by atoms with E-state index in [0.29, 0.717) is 32.5 Å². The van der Waals surface area contributed by atoms with E-state index in [1.54, 1.807) is 12.1 Å². The number of aromatic nitrogens is 3. The van der Waals surface area contributed by atoms with Gasteiger partial charge in [0.2, 0.25) is 5.91 Å². The minimum atomic E-state index is -0.238. The lowest BCUT2D eigenvalue weighted by Gasteiger charge is -2.26.